The molecule has 2 rings (SSSR count). The van der Waals surface area contributed by atoms with E-state index in [0.717, 1.165) is 5.56 Å². The van der Waals surface area contributed by atoms with Crippen LogP contribution in [0.5, 0.6) is 0 Å². The second-order valence-corrected chi connectivity index (χ2v) is 5.25. The van der Waals surface area contributed by atoms with Gasteiger partial charge in [-0.3, -0.25) is 0 Å². The molecule has 1 aromatic heterocycles. The molecular weight excluding hydrogens is 313 g/mol. The summed E-state index contributed by atoms with van der Waals surface area (Å²) in [5.41, 5.74) is 2.18. The van der Waals surface area contributed by atoms with Crippen LogP contribution in [0.4, 0.5) is 0 Å². The minimum Gasteiger partial charge on any atom is -0.457 e. The zero-order chi connectivity index (χ0) is 15.4. The van der Waals surface area contributed by atoms with Gasteiger partial charge in [-0.15, -0.1) is 0 Å². The Morgan fingerprint density at radius 3 is 2.76 bits per heavy atom. The van der Waals surface area contributed by atoms with Gasteiger partial charge in [0.15, 0.2) is 0 Å². The molecule has 4 nitrogen and oxygen atoms in total. The van der Waals surface area contributed by atoms with E-state index < -0.39 is 5.97 Å². The first-order chi connectivity index (χ1) is 9.97. The molecule has 0 aliphatic heterocycles. The summed E-state index contributed by atoms with van der Waals surface area (Å²) in [6.45, 7) is 3.69. The fourth-order valence-electron chi connectivity index (χ4n) is 1.69. The van der Waals surface area contributed by atoms with Gasteiger partial charge in [0.2, 0.25) is 0 Å². The van der Waals surface area contributed by atoms with E-state index in [4.69, 9.17) is 32.5 Å². The molecule has 6 heteroatoms. The van der Waals surface area contributed by atoms with Crippen LogP contribution in [0.1, 0.15) is 22.6 Å². The number of esters is 1. The van der Waals surface area contributed by atoms with E-state index in [1.807, 2.05) is 0 Å². The van der Waals surface area contributed by atoms with Crippen LogP contribution in [-0.4, -0.2) is 11.1 Å². The van der Waals surface area contributed by atoms with Crippen molar-refractivity contribution in [1.29, 1.82) is 0 Å². The topological polar surface area (TPSA) is 52.3 Å². The van der Waals surface area contributed by atoms with Gasteiger partial charge in [0.25, 0.3) is 0 Å². The van der Waals surface area contributed by atoms with Crippen molar-refractivity contribution < 1.29 is 14.1 Å². The zero-order valence-corrected chi connectivity index (χ0v) is 13.0. The molecule has 0 atom stereocenters. The van der Waals surface area contributed by atoms with Crippen LogP contribution in [0.3, 0.4) is 0 Å². The minimum absolute atomic E-state index is 0.124. The van der Waals surface area contributed by atoms with Gasteiger partial charge >= 0.3 is 5.97 Å². The van der Waals surface area contributed by atoms with Crippen molar-refractivity contribution >= 4 is 35.2 Å². The number of rotatable bonds is 4. The van der Waals surface area contributed by atoms with E-state index in [0.29, 0.717) is 27.1 Å². The van der Waals surface area contributed by atoms with Crippen molar-refractivity contribution in [1.82, 2.24) is 5.16 Å². The van der Waals surface area contributed by atoms with Gasteiger partial charge in [0.05, 0.1) is 11.3 Å². The van der Waals surface area contributed by atoms with Gasteiger partial charge in [-0.2, -0.15) is 0 Å². The fourth-order valence-corrected chi connectivity index (χ4v) is 2.17. The lowest BCUT2D eigenvalue weighted by molar-refractivity contribution is -0.138. The van der Waals surface area contributed by atoms with Gasteiger partial charge in [-0.1, -0.05) is 34.4 Å². The third-order valence-corrected chi connectivity index (χ3v) is 3.46. The first-order valence-corrected chi connectivity index (χ1v) is 6.94. The summed E-state index contributed by atoms with van der Waals surface area (Å²) in [4.78, 5) is 11.7. The maximum atomic E-state index is 11.7. The predicted molar refractivity (Wildman–Crippen MR) is 81.3 cm³/mol. The normalized spacial score (nSPS) is 11.0. The maximum absolute atomic E-state index is 11.7. The molecule has 2 aromatic rings. The van der Waals surface area contributed by atoms with E-state index in [9.17, 15) is 4.79 Å². The molecule has 1 heterocycles. The number of carbonyl (C=O) groups excluding carboxylic acids is 1. The molecule has 0 aliphatic carbocycles. The number of aryl methyl sites for hydroxylation is 2. The molecule has 21 heavy (non-hydrogen) atoms. The van der Waals surface area contributed by atoms with Gasteiger partial charge in [0.1, 0.15) is 12.4 Å². The minimum atomic E-state index is -0.471. The van der Waals surface area contributed by atoms with Crippen molar-refractivity contribution in [2.45, 2.75) is 20.5 Å². The summed E-state index contributed by atoms with van der Waals surface area (Å²) in [6, 6.07) is 5.03. The fraction of sp³-hybridized carbons (Fsp3) is 0.200. The number of hydrogen-bond acceptors (Lipinski definition) is 4. The van der Waals surface area contributed by atoms with Crippen LogP contribution in [-0.2, 0) is 16.1 Å². The van der Waals surface area contributed by atoms with Crippen molar-refractivity contribution in [2.75, 3.05) is 0 Å². The van der Waals surface area contributed by atoms with Crippen LogP contribution in [0.15, 0.2) is 28.8 Å². The first kappa shape index (κ1) is 15.6. The lowest BCUT2D eigenvalue weighted by atomic mass is 10.2. The number of carbonyl (C=O) groups is 1. The smallest absolute Gasteiger partial charge is 0.331 e. The molecule has 110 valence electrons. The Morgan fingerprint density at radius 2 is 2.14 bits per heavy atom. The van der Waals surface area contributed by atoms with E-state index in [2.05, 4.69) is 5.16 Å². The second kappa shape index (κ2) is 6.78. The standard InChI is InChI=1S/C15H13Cl2NO3/c1-9-13(10(2)21-18-9)8-20-15(19)6-4-11-3-5-12(16)7-14(11)17/h3-7H,8H2,1-2H3/b6-4+. The highest BCUT2D eigenvalue weighted by molar-refractivity contribution is 6.35. The zero-order valence-electron chi connectivity index (χ0n) is 11.5. The van der Waals surface area contributed by atoms with Gasteiger partial charge in [-0.25, -0.2) is 4.79 Å². The molecule has 0 spiro atoms. The highest BCUT2D eigenvalue weighted by atomic mass is 35.5. The summed E-state index contributed by atoms with van der Waals surface area (Å²) in [6.07, 6.45) is 2.89. The first-order valence-electron chi connectivity index (χ1n) is 6.19. The SMILES string of the molecule is Cc1noc(C)c1COC(=O)/C=C/c1ccc(Cl)cc1Cl. The molecule has 0 amide bonds. The largest absolute Gasteiger partial charge is 0.457 e. The molecule has 0 bridgehead atoms. The molecule has 0 fully saturated rings. The molecule has 0 aliphatic rings. The average Bonchev–Trinajstić information content (AvgIpc) is 2.75. The summed E-state index contributed by atoms with van der Waals surface area (Å²) >= 11 is 11.8. The van der Waals surface area contributed by atoms with Crippen molar-refractivity contribution in [3.63, 3.8) is 0 Å². The summed E-state index contributed by atoms with van der Waals surface area (Å²) < 4.78 is 10.1. The van der Waals surface area contributed by atoms with Crippen molar-refractivity contribution in [2.24, 2.45) is 0 Å². The Morgan fingerprint density at radius 1 is 1.38 bits per heavy atom. The molecule has 0 saturated carbocycles. The molecule has 0 saturated heterocycles. The van der Waals surface area contributed by atoms with Crippen molar-refractivity contribution in [3.8, 4) is 0 Å². The Labute approximate surface area is 132 Å². The van der Waals surface area contributed by atoms with E-state index in [1.54, 1.807) is 38.1 Å². The number of hydrogen-bond donors (Lipinski definition) is 0. The summed E-state index contributed by atoms with van der Waals surface area (Å²) in [7, 11) is 0. The molecular formula is C15H13Cl2NO3. The average molecular weight is 326 g/mol. The van der Waals surface area contributed by atoms with Crippen LogP contribution in [0.2, 0.25) is 10.0 Å². The van der Waals surface area contributed by atoms with E-state index in [-0.39, 0.29) is 6.61 Å². The Bertz CT molecular complexity index is 673. The van der Waals surface area contributed by atoms with Crippen LogP contribution in [0.25, 0.3) is 6.08 Å². The van der Waals surface area contributed by atoms with Crippen LogP contribution < -0.4 is 0 Å². The lowest BCUT2D eigenvalue weighted by Crippen LogP contribution is -2.02. The molecule has 0 radical (unpaired) electrons. The molecule has 0 unspecified atom stereocenters. The maximum Gasteiger partial charge on any atom is 0.331 e. The highest BCUT2D eigenvalue weighted by Crippen LogP contribution is 2.22. The Balaban J connectivity index is 1.97. The number of halogens is 2. The third kappa shape index (κ3) is 4.09. The Kier molecular flexibility index (Phi) is 5.04. The van der Waals surface area contributed by atoms with Gasteiger partial charge in [0, 0.05) is 16.1 Å². The second-order valence-electron chi connectivity index (χ2n) is 4.41. The van der Waals surface area contributed by atoms with Crippen molar-refractivity contribution in [3.05, 3.63) is 56.9 Å². The van der Waals surface area contributed by atoms with E-state index in [1.165, 1.54) is 6.08 Å². The van der Waals surface area contributed by atoms with Crippen LogP contribution in [0, 0.1) is 13.8 Å². The van der Waals surface area contributed by atoms with Crippen LogP contribution >= 0.6 is 23.2 Å². The number of nitrogens with zero attached hydrogens (tertiary/aromatic N) is 1. The van der Waals surface area contributed by atoms with E-state index >= 15 is 0 Å². The highest BCUT2D eigenvalue weighted by Gasteiger charge is 2.10. The number of benzene rings is 1. The molecule has 1 aromatic carbocycles. The number of ether oxygens (including phenoxy) is 1. The summed E-state index contributed by atoms with van der Waals surface area (Å²) in [5.74, 6) is 0.172. The third-order valence-electron chi connectivity index (χ3n) is 2.90. The quantitative estimate of drug-likeness (QED) is 0.619. The van der Waals surface area contributed by atoms with Gasteiger partial charge < -0.3 is 9.26 Å². The monoisotopic (exact) mass is 325 g/mol. The molecule has 0 N–H and O–H groups in total. The predicted octanol–water partition coefficient (Wildman–Crippen LogP) is 4.35. The lowest BCUT2D eigenvalue weighted by Gasteiger charge is -2.01. The number of aromatic nitrogens is 1. The Hall–Kier alpha value is -1.78. The summed E-state index contributed by atoms with van der Waals surface area (Å²) in [5, 5.41) is 4.80. The van der Waals surface area contributed by atoms with Gasteiger partial charge in [-0.05, 0) is 37.6 Å².